The summed E-state index contributed by atoms with van der Waals surface area (Å²) in [4.78, 5) is 42.5. The molecule has 1 atom stereocenters. The van der Waals surface area contributed by atoms with Gasteiger partial charge in [-0.15, -0.1) is 0 Å². The van der Waals surface area contributed by atoms with E-state index in [1.54, 1.807) is 32.2 Å². The van der Waals surface area contributed by atoms with Crippen molar-refractivity contribution in [3.05, 3.63) is 59.1 Å². The van der Waals surface area contributed by atoms with Gasteiger partial charge >= 0.3 is 0 Å². The van der Waals surface area contributed by atoms with Gasteiger partial charge in [0.2, 0.25) is 11.7 Å². The SMILES string of the molecule is COc1cc(F)ccc1CNC(=O)C1(C)COc2c(oc3cc(C(=O)NC4(C)COC4)ccc23)C(=O)N1C1CC(OC)C1. The maximum Gasteiger partial charge on any atom is 0.294 e. The summed E-state index contributed by atoms with van der Waals surface area (Å²) in [6.07, 6.45) is 1.04. The molecular formula is C31H34FN3O8. The van der Waals surface area contributed by atoms with E-state index >= 15 is 0 Å². The van der Waals surface area contributed by atoms with E-state index in [4.69, 9.17) is 23.4 Å². The van der Waals surface area contributed by atoms with Crippen LogP contribution < -0.4 is 20.1 Å². The summed E-state index contributed by atoms with van der Waals surface area (Å²) in [5, 5.41) is 6.36. The molecule has 2 aliphatic heterocycles. The zero-order chi connectivity index (χ0) is 30.5. The van der Waals surface area contributed by atoms with Crippen molar-refractivity contribution in [3.8, 4) is 11.5 Å². The minimum Gasteiger partial charge on any atom is -0.496 e. The Bertz CT molecular complexity index is 1600. The van der Waals surface area contributed by atoms with E-state index < -0.39 is 28.7 Å². The molecule has 1 aromatic heterocycles. The number of ether oxygens (including phenoxy) is 4. The second-order valence-electron chi connectivity index (χ2n) is 11.8. The van der Waals surface area contributed by atoms with Crippen molar-refractivity contribution >= 4 is 28.7 Å². The highest BCUT2D eigenvalue weighted by Crippen LogP contribution is 2.42. The number of carbonyl (C=O) groups is 3. The lowest BCUT2D eigenvalue weighted by molar-refractivity contribution is -0.138. The molecule has 2 fully saturated rings. The molecule has 228 valence electrons. The van der Waals surface area contributed by atoms with Gasteiger partial charge in [-0.1, -0.05) is 6.07 Å². The Balaban J connectivity index is 1.29. The zero-order valence-electron chi connectivity index (χ0n) is 24.5. The molecule has 6 rings (SSSR count). The third-order valence-electron chi connectivity index (χ3n) is 8.55. The molecule has 0 radical (unpaired) electrons. The van der Waals surface area contributed by atoms with Crippen LogP contribution in [0.2, 0.25) is 0 Å². The van der Waals surface area contributed by atoms with E-state index in [-0.39, 0.29) is 42.7 Å². The van der Waals surface area contributed by atoms with Crippen LogP contribution in [0.5, 0.6) is 11.5 Å². The van der Waals surface area contributed by atoms with Gasteiger partial charge < -0.3 is 38.9 Å². The summed E-state index contributed by atoms with van der Waals surface area (Å²) in [5.74, 6) is -1.21. The van der Waals surface area contributed by atoms with E-state index in [1.807, 2.05) is 6.92 Å². The number of halogens is 1. The fourth-order valence-corrected chi connectivity index (χ4v) is 5.86. The van der Waals surface area contributed by atoms with Gasteiger partial charge in [-0.05, 0) is 51.0 Å². The first-order valence-corrected chi connectivity index (χ1v) is 14.1. The predicted molar refractivity (Wildman–Crippen MR) is 152 cm³/mol. The number of amides is 3. The summed E-state index contributed by atoms with van der Waals surface area (Å²) in [6, 6.07) is 8.66. The van der Waals surface area contributed by atoms with Gasteiger partial charge in [0, 0.05) is 36.9 Å². The number of nitrogens with one attached hydrogen (secondary N) is 2. The van der Waals surface area contributed by atoms with Crippen LogP contribution >= 0.6 is 0 Å². The van der Waals surface area contributed by atoms with E-state index in [0.29, 0.717) is 53.9 Å². The van der Waals surface area contributed by atoms with Crippen molar-refractivity contribution in [1.82, 2.24) is 15.5 Å². The number of carbonyl (C=O) groups excluding carboxylic acids is 3. The number of benzene rings is 2. The zero-order valence-corrected chi connectivity index (χ0v) is 24.5. The average Bonchev–Trinajstić information content (AvgIpc) is 3.28. The van der Waals surface area contributed by atoms with Crippen LogP contribution in [-0.4, -0.2) is 79.9 Å². The van der Waals surface area contributed by atoms with Crippen molar-refractivity contribution in [2.24, 2.45) is 0 Å². The van der Waals surface area contributed by atoms with Gasteiger partial charge in [0.1, 0.15) is 23.8 Å². The number of furan rings is 1. The Morgan fingerprint density at radius 1 is 1.09 bits per heavy atom. The second kappa shape index (κ2) is 10.8. The fraction of sp³-hybridized carbons (Fsp3) is 0.452. The third-order valence-corrected chi connectivity index (χ3v) is 8.55. The molecule has 3 aromatic rings. The van der Waals surface area contributed by atoms with E-state index in [2.05, 4.69) is 10.6 Å². The smallest absolute Gasteiger partial charge is 0.294 e. The van der Waals surface area contributed by atoms with Crippen LogP contribution in [-0.2, 0) is 20.8 Å². The monoisotopic (exact) mass is 595 g/mol. The summed E-state index contributed by atoms with van der Waals surface area (Å²) in [7, 11) is 3.04. The molecule has 1 aliphatic carbocycles. The van der Waals surface area contributed by atoms with Gasteiger partial charge in [0.25, 0.3) is 11.8 Å². The molecule has 0 spiro atoms. The minimum atomic E-state index is -1.41. The molecule has 3 amide bonds. The molecule has 12 heteroatoms. The predicted octanol–water partition coefficient (Wildman–Crippen LogP) is 3.19. The highest BCUT2D eigenvalue weighted by Gasteiger charge is 2.53. The topological polar surface area (TPSA) is 129 Å². The Kier molecular flexibility index (Phi) is 7.29. The molecule has 3 aliphatic rings. The Labute approximate surface area is 247 Å². The van der Waals surface area contributed by atoms with Crippen molar-refractivity contribution in [3.63, 3.8) is 0 Å². The Morgan fingerprint density at radius 3 is 2.53 bits per heavy atom. The number of fused-ring (bicyclic) bond motifs is 3. The number of nitrogens with zero attached hydrogens (tertiary/aromatic N) is 1. The van der Waals surface area contributed by atoms with Gasteiger partial charge in [0.15, 0.2) is 11.3 Å². The fourth-order valence-electron chi connectivity index (χ4n) is 5.86. The van der Waals surface area contributed by atoms with Crippen LogP contribution in [0.1, 0.15) is 53.2 Å². The van der Waals surface area contributed by atoms with Crippen molar-refractivity contribution in [2.45, 2.75) is 56.5 Å². The molecule has 1 saturated carbocycles. The van der Waals surface area contributed by atoms with Crippen molar-refractivity contribution in [2.75, 3.05) is 34.0 Å². The summed E-state index contributed by atoms with van der Waals surface area (Å²) in [5.41, 5.74) is -0.575. The molecule has 3 heterocycles. The van der Waals surface area contributed by atoms with Gasteiger partial charge in [-0.2, -0.15) is 0 Å². The number of hydrogen-bond acceptors (Lipinski definition) is 8. The normalized spacial score (nSPS) is 24.2. The van der Waals surface area contributed by atoms with Gasteiger partial charge in [-0.25, -0.2) is 4.39 Å². The summed E-state index contributed by atoms with van der Waals surface area (Å²) in [6.45, 7) is 4.33. The molecule has 43 heavy (non-hydrogen) atoms. The summed E-state index contributed by atoms with van der Waals surface area (Å²) < 4.78 is 41.9. The van der Waals surface area contributed by atoms with Gasteiger partial charge in [0.05, 0.1) is 37.4 Å². The molecule has 11 nitrogen and oxygen atoms in total. The molecule has 2 N–H and O–H groups in total. The Morgan fingerprint density at radius 2 is 1.86 bits per heavy atom. The maximum absolute atomic E-state index is 14.2. The lowest BCUT2D eigenvalue weighted by Gasteiger charge is -2.48. The lowest BCUT2D eigenvalue weighted by atomic mass is 9.83. The molecule has 2 aromatic carbocycles. The van der Waals surface area contributed by atoms with Crippen LogP contribution in [0.4, 0.5) is 4.39 Å². The molecule has 0 bridgehead atoms. The lowest BCUT2D eigenvalue weighted by Crippen LogP contribution is -2.66. The molecule has 1 saturated heterocycles. The van der Waals surface area contributed by atoms with Crippen molar-refractivity contribution < 1.29 is 42.1 Å². The first kappa shape index (κ1) is 28.9. The molecule has 1 unspecified atom stereocenters. The highest BCUT2D eigenvalue weighted by molar-refractivity contribution is 6.06. The quantitative estimate of drug-likeness (QED) is 0.407. The highest BCUT2D eigenvalue weighted by atomic mass is 19.1. The van der Waals surface area contributed by atoms with E-state index in [9.17, 15) is 18.8 Å². The first-order chi connectivity index (χ1) is 20.5. The maximum atomic E-state index is 14.2. The number of methoxy groups -OCH3 is 2. The number of rotatable bonds is 8. The average molecular weight is 596 g/mol. The van der Waals surface area contributed by atoms with Crippen molar-refractivity contribution in [1.29, 1.82) is 0 Å². The molecular weight excluding hydrogens is 561 g/mol. The third kappa shape index (κ3) is 5.08. The largest absolute Gasteiger partial charge is 0.496 e. The Hall–Kier alpha value is -4.16. The van der Waals surface area contributed by atoms with Crippen LogP contribution in [0.15, 0.2) is 40.8 Å². The van der Waals surface area contributed by atoms with E-state index in [1.165, 1.54) is 30.2 Å². The van der Waals surface area contributed by atoms with Crippen LogP contribution in [0.25, 0.3) is 11.0 Å². The van der Waals surface area contributed by atoms with Crippen LogP contribution in [0.3, 0.4) is 0 Å². The first-order valence-electron chi connectivity index (χ1n) is 14.1. The van der Waals surface area contributed by atoms with Gasteiger partial charge in [-0.3, -0.25) is 14.4 Å². The van der Waals surface area contributed by atoms with E-state index in [0.717, 1.165) is 0 Å². The number of hydrogen-bond donors (Lipinski definition) is 2. The second-order valence-corrected chi connectivity index (χ2v) is 11.8. The minimum absolute atomic E-state index is 0.0375. The standard InChI is InChI=1S/C31H34FN3O8/c1-30(14-41-15-30)34-27(36)17-6-8-22-24(9-17)43-26-25(22)42-16-31(2,35(28(26)37)20-11-21(12-20)39-3)29(38)33-13-18-5-7-19(32)10-23(18)40-4/h5-10,20-21H,11-16H2,1-4H3,(H,33,38)(H,34,36). The van der Waals surface area contributed by atoms with Crippen LogP contribution in [0, 0.1) is 5.82 Å². The summed E-state index contributed by atoms with van der Waals surface area (Å²) >= 11 is 0.